The molecule has 2 aromatic heterocycles. The van der Waals surface area contributed by atoms with Gasteiger partial charge >= 0.3 is 6.03 Å². The quantitative estimate of drug-likeness (QED) is 0.752. The van der Waals surface area contributed by atoms with E-state index in [0.29, 0.717) is 29.6 Å². The molecule has 3 rings (SSSR count). The summed E-state index contributed by atoms with van der Waals surface area (Å²) in [6.07, 6.45) is 0. The van der Waals surface area contributed by atoms with Gasteiger partial charge in [-0.3, -0.25) is 5.32 Å². The molecular weight excluding hydrogens is 310 g/mol. The number of amides is 2. The molecule has 0 spiro atoms. The molecule has 0 bridgehead atoms. The number of fused-ring (bicyclic) bond motifs is 1. The van der Waals surface area contributed by atoms with Crippen LogP contribution in [0.3, 0.4) is 0 Å². The fraction of sp³-hybridized carbons (Fsp3) is 0.188. The maximum atomic E-state index is 12.2. The lowest BCUT2D eigenvalue weighted by Crippen LogP contribution is -2.21. The average molecular weight is 327 g/mol. The van der Waals surface area contributed by atoms with E-state index in [0.717, 1.165) is 0 Å². The average Bonchev–Trinajstić information content (AvgIpc) is 3.00. The number of nitrogens with zero attached hydrogens (tertiary/aromatic N) is 3. The summed E-state index contributed by atoms with van der Waals surface area (Å²) in [6, 6.07) is 12.0. The summed E-state index contributed by atoms with van der Waals surface area (Å²) in [4.78, 5) is 12.2. The molecule has 8 nitrogen and oxygen atoms in total. The van der Waals surface area contributed by atoms with Crippen LogP contribution in [0.15, 0.2) is 42.5 Å². The fourth-order valence-electron chi connectivity index (χ4n) is 2.19. The third-order valence-corrected chi connectivity index (χ3v) is 3.26. The molecule has 24 heavy (non-hydrogen) atoms. The van der Waals surface area contributed by atoms with Crippen molar-refractivity contribution in [2.75, 3.05) is 24.4 Å². The fourth-order valence-corrected chi connectivity index (χ4v) is 2.19. The molecule has 0 saturated carbocycles. The van der Waals surface area contributed by atoms with Crippen molar-refractivity contribution in [3.05, 3.63) is 42.5 Å². The van der Waals surface area contributed by atoms with E-state index in [1.165, 1.54) is 0 Å². The SMILES string of the molecule is CCOc1cccc2nnc(NC(=O)Nc3ccc(OC)cc3)n12. The molecule has 2 amide bonds. The van der Waals surface area contributed by atoms with Crippen LogP contribution in [0, 0.1) is 0 Å². The molecule has 2 heterocycles. The monoisotopic (exact) mass is 327 g/mol. The van der Waals surface area contributed by atoms with E-state index < -0.39 is 6.03 Å². The Morgan fingerprint density at radius 3 is 2.62 bits per heavy atom. The molecule has 2 N–H and O–H groups in total. The Morgan fingerprint density at radius 2 is 1.92 bits per heavy atom. The summed E-state index contributed by atoms with van der Waals surface area (Å²) < 4.78 is 12.3. The highest BCUT2D eigenvalue weighted by atomic mass is 16.5. The number of pyridine rings is 1. The first-order chi connectivity index (χ1) is 11.7. The number of rotatable bonds is 5. The van der Waals surface area contributed by atoms with Crippen LogP contribution >= 0.6 is 0 Å². The maximum Gasteiger partial charge on any atom is 0.326 e. The number of carbonyl (C=O) groups is 1. The first-order valence-electron chi connectivity index (χ1n) is 7.40. The molecule has 8 heteroatoms. The molecule has 1 aromatic carbocycles. The van der Waals surface area contributed by atoms with Gasteiger partial charge in [0.1, 0.15) is 5.75 Å². The molecule has 0 atom stereocenters. The first-order valence-corrected chi connectivity index (χ1v) is 7.40. The molecule has 0 unspecified atom stereocenters. The second kappa shape index (κ2) is 6.86. The molecule has 0 fully saturated rings. The lowest BCUT2D eigenvalue weighted by Gasteiger charge is -2.09. The van der Waals surface area contributed by atoms with Crippen LogP contribution in [0.2, 0.25) is 0 Å². The second-order valence-corrected chi connectivity index (χ2v) is 4.82. The number of urea groups is 1. The lowest BCUT2D eigenvalue weighted by molar-refractivity contribution is 0.262. The Hall–Kier alpha value is -3.29. The highest BCUT2D eigenvalue weighted by Crippen LogP contribution is 2.19. The topological polar surface area (TPSA) is 89.8 Å². The number of nitrogens with one attached hydrogen (secondary N) is 2. The van der Waals surface area contributed by atoms with Crippen molar-refractivity contribution in [3.63, 3.8) is 0 Å². The van der Waals surface area contributed by atoms with Gasteiger partial charge in [0.2, 0.25) is 11.8 Å². The van der Waals surface area contributed by atoms with Gasteiger partial charge in [0.05, 0.1) is 13.7 Å². The van der Waals surface area contributed by atoms with Crippen LogP contribution in [0.1, 0.15) is 6.92 Å². The number of carbonyl (C=O) groups excluding carboxylic acids is 1. The van der Waals surface area contributed by atoms with Crippen LogP contribution < -0.4 is 20.1 Å². The van der Waals surface area contributed by atoms with Crippen molar-refractivity contribution in [3.8, 4) is 11.6 Å². The zero-order chi connectivity index (χ0) is 16.9. The summed E-state index contributed by atoms with van der Waals surface area (Å²) in [7, 11) is 1.58. The van der Waals surface area contributed by atoms with Crippen molar-refractivity contribution in [1.29, 1.82) is 0 Å². The van der Waals surface area contributed by atoms with E-state index in [2.05, 4.69) is 20.8 Å². The van der Waals surface area contributed by atoms with Gasteiger partial charge in [-0.15, -0.1) is 10.2 Å². The number of hydrogen-bond donors (Lipinski definition) is 2. The van der Waals surface area contributed by atoms with Gasteiger partial charge in [-0.1, -0.05) is 6.07 Å². The Bertz CT molecular complexity index is 845. The van der Waals surface area contributed by atoms with Gasteiger partial charge in [-0.25, -0.2) is 9.20 Å². The minimum Gasteiger partial charge on any atom is -0.497 e. The van der Waals surface area contributed by atoms with Gasteiger partial charge in [-0.05, 0) is 43.3 Å². The van der Waals surface area contributed by atoms with E-state index in [9.17, 15) is 4.79 Å². The number of aromatic nitrogens is 3. The van der Waals surface area contributed by atoms with Crippen molar-refractivity contribution in [1.82, 2.24) is 14.6 Å². The van der Waals surface area contributed by atoms with Crippen LogP contribution in [0.4, 0.5) is 16.4 Å². The zero-order valence-corrected chi connectivity index (χ0v) is 13.3. The van der Waals surface area contributed by atoms with Gasteiger partial charge in [-0.2, -0.15) is 0 Å². The molecular formula is C16H17N5O3. The van der Waals surface area contributed by atoms with E-state index >= 15 is 0 Å². The molecule has 0 aliphatic carbocycles. The molecule has 3 aromatic rings. The van der Waals surface area contributed by atoms with Gasteiger partial charge in [0, 0.05) is 5.69 Å². The van der Waals surface area contributed by atoms with Gasteiger partial charge < -0.3 is 14.8 Å². The second-order valence-electron chi connectivity index (χ2n) is 4.82. The Kier molecular flexibility index (Phi) is 4.46. The Labute approximate surface area is 138 Å². The minimum absolute atomic E-state index is 0.278. The van der Waals surface area contributed by atoms with Crippen molar-refractivity contribution < 1.29 is 14.3 Å². The number of benzene rings is 1. The molecule has 0 saturated heterocycles. The molecule has 0 radical (unpaired) electrons. The largest absolute Gasteiger partial charge is 0.497 e. The van der Waals surface area contributed by atoms with Crippen molar-refractivity contribution in [2.24, 2.45) is 0 Å². The van der Waals surface area contributed by atoms with Crippen LogP contribution in [-0.2, 0) is 0 Å². The van der Waals surface area contributed by atoms with E-state index in [4.69, 9.17) is 9.47 Å². The van der Waals surface area contributed by atoms with E-state index in [1.54, 1.807) is 47.9 Å². The summed E-state index contributed by atoms with van der Waals surface area (Å²) >= 11 is 0. The Morgan fingerprint density at radius 1 is 1.12 bits per heavy atom. The normalized spacial score (nSPS) is 10.4. The van der Waals surface area contributed by atoms with Crippen LogP contribution in [-0.4, -0.2) is 34.3 Å². The minimum atomic E-state index is -0.430. The van der Waals surface area contributed by atoms with Crippen molar-refractivity contribution >= 4 is 23.3 Å². The standard InChI is InChI=1S/C16H17N5O3/c1-3-24-14-6-4-5-13-19-20-15(21(13)14)18-16(22)17-11-7-9-12(23-2)10-8-11/h4-10H,3H2,1-2H3,(H2,17,18,20,22). The number of ether oxygens (including phenoxy) is 2. The van der Waals surface area contributed by atoms with Gasteiger partial charge in [0.25, 0.3) is 0 Å². The zero-order valence-electron chi connectivity index (χ0n) is 13.3. The molecule has 0 aliphatic heterocycles. The summed E-state index contributed by atoms with van der Waals surface area (Å²) in [5.74, 6) is 1.55. The molecule has 124 valence electrons. The van der Waals surface area contributed by atoms with E-state index in [-0.39, 0.29) is 5.95 Å². The summed E-state index contributed by atoms with van der Waals surface area (Å²) in [5, 5.41) is 13.4. The first kappa shape index (κ1) is 15.6. The van der Waals surface area contributed by atoms with Crippen LogP contribution in [0.5, 0.6) is 11.6 Å². The van der Waals surface area contributed by atoms with Crippen molar-refractivity contribution in [2.45, 2.75) is 6.92 Å². The summed E-state index contributed by atoms with van der Waals surface area (Å²) in [6.45, 7) is 2.38. The number of hydrogen-bond acceptors (Lipinski definition) is 5. The highest BCUT2D eigenvalue weighted by Gasteiger charge is 2.13. The number of methoxy groups -OCH3 is 1. The highest BCUT2D eigenvalue weighted by molar-refractivity contribution is 5.98. The summed E-state index contributed by atoms with van der Waals surface area (Å²) in [5.41, 5.74) is 1.22. The number of anilines is 2. The maximum absolute atomic E-state index is 12.2. The Balaban J connectivity index is 1.77. The predicted octanol–water partition coefficient (Wildman–Crippen LogP) is 2.78. The van der Waals surface area contributed by atoms with Crippen LogP contribution in [0.25, 0.3) is 5.65 Å². The van der Waals surface area contributed by atoms with E-state index in [1.807, 2.05) is 13.0 Å². The third kappa shape index (κ3) is 3.22. The smallest absolute Gasteiger partial charge is 0.326 e. The predicted molar refractivity (Wildman–Crippen MR) is 89.8 cm³/mol. The molecule has 0 aliphatic rings. The third-order valence-electron chi connectivity index (χ3n) is 3.26. The van der Waals surface area contributed by atoms with Gasteiger partial charge in [0.15, 0.2) is 5.65 Å². The lowest BCUT2D eigenvalue weighted by atomic mass is 10.3.